The Hall–Kier alpha value is -2.20. The average molecular weight is 416 g/mol. The van der Waals surface area contributed by atoms with E-state index in [9.17, 15) is 25.6 Å². The number of sulfone groups is 1. The van der Waals surface area contributed by atoms with Gasteiger partial charge in [-0.25, -0.2) is 16.8 Å². The molecule has 0 atom stereocenters. The summed E-state index contributed by atoms with van der Waals surface area (Å²) in [6, 6.07) is 12.2. The maximum atomic E-state index is 12.9. The van der Waals surface area contributed by atoms with Crippen molar-refractivity contribution < 1.29 is 25.6 Å². The third-order valence-corrected chi connectivity index (χ3v) is 7.52. The molecule has 2 aromatic carbocycles. The summed E-state index contributed by atoms with van der Waals surface area (Å²) in [7, 11) is -8.04. The Bertz CT molecular complexity index is 1040. The molecular formula is C17H18F2N2O4S2. The average Bonchev–Trinajstić information content (AvgIpc) is 2.99. The summed E-state index contributed by atoms with van der Waals surface area (Å²) in [5.41, 5.74) is 1.29. The maximum absolute atomic E-state index is 12.9. The molecule has 0 aliphatic carbocycles. The van der Waals surface area contributed by atoms with Crippen LogP contribution in [0.2, 0.25) is 0 Å². The first-order chi connectivity index (χ1) is 12.7. The number of anilines is 2. The quantitative estimate of drug-likeness (QED) is 0.783. The first-order valence-electron chi connectivity index (χ1n) is 8.16. The number of halogens is 2. The number of sulfonamides is 1. The molecule has 6 nitrogen and oxygen atoms in total. The van der Waals surface area contributed by atoms with Crippen LogP contribution in [0, 0.1) is 0 Å². The zero-order valence-corrected chi connectivity index (χ0v) is 15.8. The summed E-state index contributed by atoms with van der Waals surface area (Å²) in [5, 5.41) is 2.85. The van der Waals surface area contributed by atoms with E-state index in [0.717, 1.165) is 6.07 Å². The van der Waals surface area contributed by atoms with Gasteiger partial charge in [-0.2, -0.15) is 8.78 Å². The second kappa shape index (κ2) is 7.43. The van der Waals surface area contributed by atoms with E-state index in [1.165, 1.54) is 16.4 Å². The number of nitrogens with zero attached hydrogens (tertiary/aromatic N) is 1. The van der Waals surface area contributed by atoms with Gasteiger partial charge in [0.25, 0.3) is 0 Å². The summed E-state index contributed by atoms with van der Waals surface area (Å²) in [6.07, 6.45) is 0.559. The van der Waals surface area contributed by atoms with Crippen molar-refractivity contribution in [2.45, 2.75) is 23.6 Å². The minimum atomic E-state index is -4.73. The van der Waals surface area contributed by atoms with Crippen molar-refractivity contribution in [3.63, 3.8) is 0 Å². The van der Waals surface area contributed by atoms with Crippen LogP contribution in [0.5, 0.6) is 0 Å². The molecule has 0 bridgehead atoms. The Balaban J connectivity index is 1.82. The van der Waals surface area contributed by atoms with Crippen molar-refractivity contribution in [2.24, 2.45) is 0 Å². The highest BCUT2D eigenvalue weighted by atomic mass is 32.2. The summed E-state index contributed by atoms with van der Waals surface area (Å²) >= 11 is 0. The fraction of sp³-hybridized carbons (Fsp3) is 0.294. The third kappa shape index (κ3) is 4.06. The molecule has 27 heavy (non-hydrogen) atoms. The number of alkyl halides is 2. The van der Waals surface area contributed by atoms with Crippen LogP contribution in [0.3, 0.4) is 0 Å². The molecule has 1 fully saturated rings. The number of hydrogen-bond acceptors (Lipinski definition) is 5. The van der Waals surface area contributed by atoms with Crippen molar-refractivity contribution in [1.29, 1.82) is 0 Å². The summed E-state index contributed by atoms with van der Waals surface area (Å²) in [4.78, 5) is -0.474. The smallest absolute Gasteiger partial charge is 0.341 e. The number of hydrogen-bond donors (Lipinski definition) is 1. The molecule has 1 saturated heterocycles. The lowest BCUT2D eigenvalue weighted by atomic mass is 10.2. The molecule has 1 N–H and O–H groups in total. The van der Waals surface area contributed by atoms with Crippen LogP contribution in [-0.4, -0.2) is 34.9 Å². The van der Waals surface area contributed by atoms with Crippen LogP contribution in [0.25, 0.3) is 0 Å². The predicted molar refractivity (Wildman–Crippen MR) is 99.2 cm³/mol. The van der Waals surface area contributed by atoms with E-state index in [-0.39, 0.29) is 18.0 Å². The van der Waals surface area contributed by atoms with Crippen molar-refractivity contribution in [3.05, 3.63) is 54.1 Å². The molecule has 1 aliphatic heterocycles. The Morgan fingerprint density at radius 3 is 2.52 bits per heavy atom. The van der Waals surface area contributed by atoms with Crippen LogP contribution in [-0.2, 0) is 26.4 Å². The highest BCUT2D eigenvalue weighted by molar-refractivity contribution is 7.93. The van der Waals surface area contributed by atoms with E-state index in [1.807, 2.05) is 0 Å². The number of benzene rings is 2. The first-order valence-corrected chi connectivity index (χ1v) is 11.3. The summed E-state index contributed by atoms with van der Waals surface area (Å²) < 4.78 is 74.8. The monoisotopic (exact) mass is 416 g/mol. The first kappa shape index (κ1) is 19.6. The SMILES string of the molecule is O=S(=O)(c1ccccc1NCc1cccc(N2CCCS2(=O)=O)c1)C(F)F. The normalized spacial score (nSPS) is 16.6. The second-order valence-corrected chi connectivity index (χ2v) is 9.97. The number of para-hydroxylation sites is 1. The van der Waals surface area contributed by atoms with Crippen LogP contribution < -0.4 is 9.62 Å². The lowest BCUT2D eigenvalue weighted by Crippen LogP contribution is -2.25. The molecular weight excluding hydrogens is 398 g/mol. The highest BCUT2D eigenvalue weighted by Crippen LogP contribution is 2.28. The fourth-order valence-corrected chi connectivity index (χ4v) is 5.37. The van der Waals surface area contributed by atoms with Crippen LogP contribution in [0.4, 0.5) is 20.2 Å². The molecule has 3 rings (SSSR count). The molecule has 0 saturated carbocycles. The van der Waals surface area contributed by atoms with Crippen molar-refractivity contribution in [1.82, 2.24) is 0 Å². The third-order valence-electron chi connectivity index (χ3n) is 4.21. The van der Waals surface area contributed by atoms with Crippen molar-refractivity contribution in [2.75, 3.05) is 21.9 Å². The summed E-state index contributed by atoms with van der Waals surface area (Å²) in [6.45, 7) is 0.562. The molecule has 2 aromatic rings. The number of rotatable bonds is 6. The molecule has 146 valence electrons. The molecule has 0 radical (unpaired) electrons. The highest BCUT2D eigenvalue weighted by Gasteiger charge is 2.29. The van der Waals surface area contributed by atoms with Crippen molar-refractivity contribution in [3.8, 4) is 0 Å². The van der Waals surface area contributed by atoms with Gasteiger partial charge in [-0.05, 0) is 36.2 Å². The second-order valence-electron chi connectivity index (χ2n) is 6.07. The minimum Gasteiger partial charge on any atom is -0.380 e. The van der Waals surface area contributed by atoms with Crippen LogP contribution >= 0.6 is 0 Å². The zero-order chi connectivity index (χ0) is 19.7. The Morgan fingerprint density at radius 2 is 1.85 bits per heavy atom. The molecule has 1 heterocycles. The van der Waals surface area contributed by atoms with Crippen LogP contribution in [0.15, 0.2) is 53.4 Å². The zero-order valence-electron chi connectivity index (χ0n) is 14.2. The van der Waals surface area contributed by atoms with Gasteiger partial charge in [-0.15, -0.1) is 0 Å². The lowest BCUT2D eigenvalue weighted by molar-refractivity contribution is 0.235. The lowest BCUT2D eigenvalue weighted by Gasteiger charge is -2.18. The van der Waals surface area contributed by atoms with E-state index < -0.39 is 30.5 Å². The Morgan fingerprint density at radius 1 is 1.11 bits per heavy atom. The largest absolute Gasteiger partial charge is 0.380 e. The van der Waals surface area contributed by atoms with E-state index in [1.54, 1.807) is 30.3 Å². The number of nitrogens with one attached hydrogen (secondary N) is 1. The van der Waals surface area contributed by atoms with Crippen LogP contribution in [0.1, 0.15) is 12.0 Å². The van der Waals surface area contributed by atoms with Gasteiger partial charge in [-0.1, -0.05) is 24.3 Å². The van der Waals surface area contributed by atoms with Gasteiger partial charge >= 0.3 is 5.76 Å². The van der Waals surface area contributed by atoms with E-state index in [4.69, 9.17) is 0 Å². The van der Waals surface area contributed by atoms with E-state index in [0.29, 0.717) is 24.2 Å². The van der Waals surface area contributed by atoms with Gasteiger partial charge in [-0.3, -0.25) is 4.31 Å². The molecule has 0 unspecified atom stereocenters. The van der Waals surface area contributed by atoms with E-state index >= 15 is 0 Å². The van der Waals surface area contributed by atoms with Gasteiger partial charge < -0.3 is 5.32 Å². The molecule has 1 aliphatic rings. The van der Waals surface area contributed by atoms with Gasteiger partial charge in [0.2, 0.25) is 19.9 Å². The van der Waals surface area contributed by atoms with Crippen molar-refractivity contribution >= 4 is 31.2 Å². The Kier molecular flexibility index (Phi) is 5.38. The van der Waals surface area contributed by atoms with E-state index in [2.05, 4.69) is 5.32 Å². The van der Waals surface area contributed by atoms with Gasteiger partial charge in [0, 0.05) is 13.1 Å². The van der Waals surface area contributed by atoms with Gasteiger partial charge in [0.15, 0.2) is 0 Å². The fourth-order valence-electron chi connectivity index (χ4n) is 2.91. The summed E-state index contributed by atoms with van der Waals surface area (Å²) in [5.74, 6) is -3.40. The van der Waals surface area contributed by atoms with Gasteiger partial charge in [0.05, 0.1) is 22.0 Å². The topological polar surface area (TPSA) is 83.6 Å². The predicted octanol–water partition coefficient (Wildman–Crippen LogP) is 2.83. The van der Waals surface area contributed by atoms with Gasteiger partial charge in [0.1, 0.15) is 0 Å². The minimum absolute atomic E-state index is 0.0667. The molecule has 0 spiro atoms. The maximum Gasteiger partial charge on any atom is 0.341 e. The Labute approximate surface area is 156 Å². The molecule has 0 aromatic heterocycles. The molecule has 0 amide bonds. The molecule has 10 heteroatoms. The standard InChI is InChI=1S/C17H18F2N2O4S2/c18-17(19)27(24,25)16-8-2-1-7-15(16)20-12-13-5-3-6-14(11-13)21-9-4-10-26(21,22)23/h1-3,5-8,11,17,20H,4,9-10,12H2.